The molecule has 1 unspecified atom stereocenters. The number of hydrogen-bond acceptors (Lipinski definition) is 4. The Hall–Kier alpha value is -1.55. The Kier molecular flexibility index (Phi) is 28.6. The van der Waals surface area contributed by atoms with Crippen molar-refractivity contribution in [2.75, 3.05) is 13.2 Å². The highest BCUT2D eigenvalue weighted by Gasteiger charge is 2.13. The molecule has 0 bridgehead atoms. The molecule has 1 rings (SSSR count). The quantitative estimate of drug-likeness (QED) is 0.0770. The van der Waals surface area contributed by atoms with Gasteiger partial charge in [-0.25, -0.2) is 0 Å². The molecular formula is C41H74O4. The minimum Gasteiger partial charge on any atom is -0.508 e. The van der Waals surface area contributed by atoms with Crippen LogP contribution in [0.2, 0.25) is 0 Å². The van der Waals surface area contributed by atoms with E-state index in [1.54, 1.807) is 18.2 Å². The number of Topliss-reactive ketones (excluding diaryl/α,β-unsaturated/α-hetero) is 1. The smallest absolute Gasteiger partial charge is 0.195 e. The Morgan fingerprint density at radius 2 is 0.956 bits per heavy atom. The number of ether oxygens (including phenoxy) is 2. The summed E-state index contributed by atoms with van der Waals surface area (Å²) in [5.41, 5.74) is 0.793. The fourth-order valence-electron chi connectivity index (χ4n) is 6.19. The molecule has 0 saturated carbocycles. The van der Waals surface area contributed by atoms with Gasteiger partial charge in [0.1, 0.15) is 24.7 Å². The molecule has 0 aliphatic rings. The third kappa shape index (κ3) is 26.2. The molecule has 0 aliphatic heterocycles. The van der Waals surface area contributed by atoms with Gasteiger partial charge < -0.3 is 14.6 Å². The lowest BCUT2D eigenvalue weighted by Gasteiger charge is -2.18. The predicted octanol–water partition coefficient (Wildman–Crippen LogP) is 13.0. The average Bonchev–Trinajstić information content (AvgIpc) is 3.04. The molecule has 0 spiro atoms. The lowest BCUT2D eigenvalue weighted by Crippen LogP contribution is -2.22. The molecule has 0 aliphatic carbocycles. The van der Waals surface area contributed by atoms with Crippen LogP contribution in [0.5, 0.6) is 11.5 Å². The van der Waals surface area contributed by atoms with Crippen LogP contribution in [0.1, 0.15) is 199 Å². The average molecular weight is 631 g/mol. The van der Waals surface area contributed by atoms with Crippen molar-refractivity contribution < 1.29 is 19.4 Å². The summed E-state index contributed by atoms with van der Waals surface area (Å²) in [6.07, 6.45) is 37.7. The SMILES string of the molecule is CCCCCCCCCCCCCCCCC(CCCCCCCCCCCCCC)OCC(=O)COc1ccc(C)c(O)c1. The van der Waals surface area contributed by atoms with Gasteiger partial charge in [-0.3, -0.25) is 4.79 Å². The molecule has 0 saturated heterocycles. The van der Waals surface area contributed by atoms with Crippen molar-refractivity contribution >= 4 is 5.78 Å². The highest BCUT2D eigenvalue weighted by molar-refractivity contribution is 5.81. The number of phenolic OH excluding ortho intramolecular Hbond substituents is 1. The maximum atomic E-state index is 12.5. The maximum Gasteiger partial charge on any atom is 0.195 e. The molecule has 0 aromatic heterocycles. The van der Waals surface area contributed by atoms with Crippen molar-refractivity contribution in [1.29, 1.82) is 0 Å². The van der Waals surface area contributed by atoms with Gasteiger partial charge in [-0.15, -0.1) is 0 Å². The molecule has 0 heterocycles. The minimum absolute atomic E-state index is 0.0211. The van der Waals surface area contributed by atoms with Gasteiger partial charge >= 0.3 is 0 Å². The van der Waals surface area contributed by atoms with Crippen molar-refractivity contribution in [1.82, 2.24) is 0 Å². The second-order valence-electron chi connectivity index (χ2n) is 13.8. The Balaban J connectivity index is 2.22. The van der Waals surface area contributed by atoms with Crippen molar-refractivity contribution in [3.05, 3.63) is 23.8 Å². The standard InChI is InChI=1S/C41H74O4/c1-4-6-8-10-12-14-16-18-19-21-23-25-27-29-31-39(30-28-26-24-22-20-17-15-13-11-9-7-5-2)44-35-38(42)36-45-40-33-32-37(3)41(43)34-40/h32-34,39,43H,4-31,35-36H2,1-3H3. The number of aryl methyl sites for hydroxylation is 1. The predicted molar refractivity (Wildman–Crippen MR) is 194 cm³/mol. The number of unbranched alkanes of at least 4 members (excludes halogenated alkanes) is 24. The van der Waals surface area contributed by atoms with Crippen LogP contribution in [-0.4, -0.2) is 30.2 Å². The first-order valence-electron chi connectivity index (χ1n) is 19.6. The molecule has 262 valence electrons. The molecule has 4 nitrogen and oxygen atoms in total. The van der Waals surface area contributed by atoms with Gasteiger partial charge in [0.25, 0.3) is 0 Å². The van der Waals surface area contributed by atoms with Crippen LogP contribution < -0.4 is 4.74 Å². The number of carbonyl (C=O) groups is 1. The van der Waals surface area contributed by atoms with E-state index in [0.29, 0.717) is 5.75 Å². The van der Waals surface area contributed by atoms with Gasteiger partial charge in [0, 0.05) is 6.07 Å². The lowest BCUT2D eigenvalue weighted by atomic mass is 10.0. The third-order valence-electron chi connectivity index (χ3n) is 9.32. The van der Waals surface area contributed by atoms with Gasteiger partial charge in [-0.05, 0) is 31.4 Å². The second kappa shape index (κ2) is 31.1. The molecule has 0 radical (unpaired) electrons. The zero-order valence-electron chi connectivity index (χ0n) is 30.2. The van der Waals surface area contributed by atoms with Crippen LogP contribution in [0, 0.1) is 6.92 Å². The largest absolute Gasteiger partial charge is 0.508 e. The van der Waals surface area contributed by atoms with E-state index in [-0.39, 0.29) is 30.9 Å². The number of aromatic hydroxyl groups is 1. The van der Waals surface area contributed by atoms with E-state index >= 15 is 0 Å². The molecule has 0 amide bonds. The van der Waals surface area contributed by atoms with E-state index in [1.807, 2.05) is 6.92 Å². The fourth-order valence-corrected chi connectivity index (χ4v) is 6.19. The number of phenols is 1. The van der Waals surface area contributed by atoms with E-state index in [0.717, 1.165) is 18.4 Å². The topological polar surface area (TPSA) is 55.8 Å². The summed E-state index contributed by atoms with van der Waals surface area (Å²) in [7, 11) is 0. The van der Waals surface area contributed by atoms with E-state index in [9.17, 15) is 9.90 Å². The summed E-state index contributed by atoms with van der Waals surface area (Å²) in [4.78, 5) is 12.5. The number of benzene rings is 1. The van der Waals surface area contributed by atoms with Crippen LogP contribution in [0.4, 0.5) is 0 Å². The van der Waals surface area contributed by atoms with Crippen molar-refractivity contribution in [2.45, 2.75) is 207 Å². The summed E-state index contributed by atoms with van der Waals surface area (Å²) in [6.45, 7) is 6.50. The molecule has 45 heavy (non-hydrogen) atoms. The van der Waals surface area contributed by atoms with Crippen LogP contribution in [0.15, 0.2) is 18.2 Å². The summed E-state index contributed by atoms with van der Waals surface area (Å²) < 4.78 is 11.8. The number of ketones is 1. The first kappa shape index (κ1) is 41.5. The number of hydrogen-bond donors (Lipinski definition) is 1. The summed E-state index contributed by atoms with van der Waals surface area (Å²) in [5, 5.41) is 9.89. The maximum absolute atomic E-state index is 12.5. The van der Waals surface area contributed by atoms with Crippen molar-refractivity contribution in [2.24, 2.45) is 0 Å². The molecule has 0 fully saturated rings. The van der Waals surface area contributed by atoms with Crippen LogP contribution >= 0.6 is 0 Å². The van der Waals surface area contributed by atoms with Gasteiger partial charge in [0.2, 0.25) is 0 Å². The Bertz CT molecular complexity index is 792. The highest BCUT2D eigenvalue weighted by Crippen LogP contribution is 2.23. The zero-order chi connectivity index (χ0) is 32.6. The molecular weight excluding hydrogens is 556 g/mol. The van der Waals surface area contributed by atoms with E-state index in [2.05, 4.69) is 13.8 Å². The van der Waals surface area contributed by atoms with E-state index in [1.165, 1.54) is 167 Å². The third-order valence-corrected chi connectivity index (χ3v) is 9.32. The minimum atomic E-state index is -0.0456. The fraction of sp³-hybridized carbons (Fsp3) is 0.829. The summed E-state index contributed by atoms with van der Waals surface area (Å²) in [6, 6.07) is 5.15. The molecule has 1 aromatic rings. The summed E-state index contributed by atoms with van der Waals surface area (Å²) >= 11 is 0. The summed E-state index contributed by atoms with van der Waals surface area (Å²) in [5.74, 6) is 0.657. The van der Waals surface area contributed by atoms with Gasteiger partial charge in [0.15, 0.2) is 5.78 Å². The Labute approximate surface area is 279 Å². The Morgan fingerprint density at radius 1 is 0.578 bits per heavy atom. The van der Waals surface area contributed by atoms with Gasteiger partial charge in [-0.1, -0.05) is 187 Å². The normalized spacial score (nSPS) is 12.1. The molecule has 1 aromatic carbocycles. The molecule has 4 heteroatoms. The molecule has 1 N–H and O–H groups in total. The highest BCUT2D eigenvalue weighted by atomic mass is 16.5. The van der Waals surface area contributed by atoms with Crippen LogP contribution in [-0.2, 0) is 9.53 Å². The van der Waals surface area contributed by atoms with E-state index < -0.39 is 0 Å². The van der Waals surface area contributed by atoms with Gasteiger partial charge in [0.05, 0.1) is 6.10 Å². The second-order valence-corrected chi connectivity index (χ2v) is 13.8. The number of rotatable bonds is 34. The van der Waals surface area contributed by atoms with Gasteiger partial charge in [-0.2, -0.15) is 0 Å². The van der Waals surface area contributed by atoms with E-state index in [4.69, 9.17) is 9.47 Å². The van der Waals surface area contributed by atoms with Crippen molar-refractivity contribution in [3.8, 4) is 11.5 Å². The molecule has 1 atom stereocenters. The zero-order valence-corrected chi connectivity index (χ0v) is 30.2. The lowest BCUT2D eigenvalue weighted by molar-refractivity contribution is -0.128. The Morgan fingerprint density at radius 3 is 1.33 bits per heavy atom. The monoisotopic (exact) mass is 631 g/mol. The van der Waals surface area contributed by atoms with Crippen molar-refractivity contribution in [3.63, 3.8) is 0 Å². The first-order valence-corrected chi connectivity index (χ1v) is 19.6. The van der Waals surface area contributed by atoms with Crippen LogP contribution in [0.25, 0.3) is 0 Å². The number of carbonyl (C=O) groups excluding carboxylic acids is 1. The van der Waals surface area contributed by atoms with Crippen LogP contribution in [0.3, 0.4) is 0 Å². The first-order chi connectivity index (χ1) is 22.1.